The van der Waals surface area contributed by atoms with Gasteiger partial charge in [-0.05, 0) is 31.9 Å². The van der Waals surface area contributed by atoms with Gasteiger partial charge in [-0.25, -0.2) is 18.2 Å². The summed E-state index contributed by atoms with van der Waals surface area (Å²) in [6.45, 7) is 3.58. The van der Waals surface area contributed by atoms with E-state index in [-0.39, 0.29) is 17.4 Å². The second-order valence-corrected chi connectivity index (χ2v) is 9.98. The minimum atomic E-state index is -1.24. The molecule has 8 nitrogen and oxygen atoms in total. The minimum absolute atomic E-state index is 0.00994. The van der Waals surface area contributed by atoms with Crippen molar-refractivity contribution in [1.82, 2.24) is 24.7 Å². The molecule has 0 amide bonds. The van der Waals surface area contributed by atoms with Crippen molar-refractivity contribution in [3.8, 4) is 11.3 Å². The lowest BCUT2D eigenvalue weighted by molar-refractivity contribution is 0.0526. The number of benzene rings is 1. The zero-order valence-electron chi connectivity index (χ0n) is 20.2. The summed E-state index contributed by atoms with van der Waals surface area (Å²) < 4.78 is 49.9. The molecular formula is C24H26F3N7OS. The Kier molecular flexibility index (Phi) is 6.80. The van der Waals surface area contributed by atoms with Gasteiger partial charge >= 0.3 is 0 Å². The Hall–Kier alpha value is -3.25. The number of morpholine rings is 1. The van der Waals surface area contributed by atoms with Crippen molar-refractivity contribution in [2.75, 3.05) is 43.6 Å². The molecule has 4 aromatic rings. The largest absolute Gasteiger partial charge is 0.375 e. The lowest BCUT2D eigenvalue weighted by atomic mass is 10.1. The van der Waals surface area contributed by atoms with Crippen LogP contribution in [0.4, 0.5) is 24.3 Å². The first kappa shape index (κ1) is 24.4. The Morgan fingerprint density at radius 1 is 1.06 bits per heavy atom. The van der Waals surface area contributed by atoms with Gasteiger partial charge in [-0.15, -0.1) is 0 Å². The van der Waals surface area contributed by atoms with E-state index in [1.54, 1.807) is 4.90 Å². The highest BCUT2D eigenvalue weighted by Gasteiger charge is 2.25. The van der Waals surface area contributed by atoms with Crippen LogP contribution in [0.2, 0.25) is 0 Å². The van der Waals surface area contributed by atoms with Gasteiger partial charge in [0.15, 0.2) is 22.4 Å². The maximum absolute atomic E-state index is 14.5. The van der Waals surface area contributed by atoms with Crippen molar-refractivity contribution in [2.45, 2.75) is 31.9 Å². The maximum atomic E-state index is 14.5. The lowest BCUT2D eigenvalue weighted by Crippen LogP contribution is -2.42. The van der Waals surface area contributed by atoms with Crippen molar-refractivity contribution in [2.24, 2.45) is 0 Å². The predicted molar refractivity (Wildman–Crippen MR) is 133 cm³/mol. The summed E-state index contributed by atoms with van der Waals surface area (Å²) in [7, 11) is 3.65. The fourth-order valence-corrected chi connectivity index (χ4v) is 4.79. The third kappa shape index (κ3) is 5.14. The molecule has 1 unspecified atom stereocenters. The molecule has 1 atom stereocenters. The number of aromatic nitrogens is 5. The number of thiazole rings is 1. The second-order valence-electron chi connectivity index (χ2n) is 9.01. The van der Waals surface area contributed by atoms with E-state index in [0.717, 1.165) is 12.1 Å². The molecule has 4 heterocycles. The lowest BCUT2D eigenvalue weighted by Gasteiger charge is -2.31. The maximum Gasteiger partial charge on any atom is 0.228 e. The molecule has 36 heavy (non-hydrogen) atoms. The standard InChI is InChI=1S/C18H18F3N5OS.C6H8N2/c1-9-8-26(4-5-27-9)17-22-14(10-6-12(20)13(21)7-11(10)19)15-16(23-17)24-18(28-15)25(2)3;1-4-7-8(5-1)6-2-3-6/h6-7,9H,4-5,8H2,1-3H3;1,4-6H,2-3H2. The molecule has 0 radical (unpaired) electrons. The molecule has 1 aliphatic heterocycles. The predicted octanol–water partition coefficient (Wildman–Crippen LogP) is 4.68. The first-order valence-electron chi connectivity index (χ1n) is 11.7. The first-order chi connectivity index (χ1) is 17.3. The summed E-state index contributed by atoms with van der Waals surface area (Å²) in [5.41, 5.74) is 0.459. The molecule has 1 saturated heterocycles. The van der Waals surface area contributed by atoms with Crippen LogP contribution in [0, 0.1) is 17.5 Å². The first-order valence-corrected chi connectivity index (χ1v) is 12.5. The van der Waals surface area contributed by atoms with Gasteiger partial charge in [-0.1, -0.05) is 11.3 Å². The third-order valence-electron chi connectivity index (χ3n) is 5.85. The molecule has 190 valence electrons. The van der Waals surface area contributed by atoms with Crippen LogP contribution in [0.5, 0.6) is 0 Å². The van der Waals surface area contributed by atoms with E-state index in [4.69, 9.17) is 4.74 Å². The van der Waals surface area contributed by atoms with Crippen molar-refractivity contribution < 1.29 is 17.9 Å². The highest BCUT2D eigenvalue weighted by molar-refractivity contribution is 7.22. The number of rotatable bonds is 4. The molecule has 2 fully saturated rings. The van der Waals surface area contributed by atoms with E-state index in [2.05, 4.69) is 20.1 Å². The van der Waals surface area contributed by atoms with Gasteiger partial charge in [0.25, 0.3) is 0 Å². The topological polar surface area (TPSA) is 72.2 Å². The van der Waals surface area contributed by atoms with Crippen LogP contribution in [0.25, 0.3) is 21.6 Å². The molecule has 3 aromatic heterocycles. The average Bonchev–Trinajstić information content (AvgIpc) is 3.37. The number of anilines is 2. The molecule has 1 aliphatic carbocycles. The smallest absolute Gasteiger partial charge is 0.228 e. The number of hydrogen-bond acceptors (Lipinski definition) is 8. The molecule has 1 saturated carbocycles. The molecule has 0 spiro atoms. The van der Waals surface area contributed by atoms with Crippen LogP contribution in [-0.4, -0.2) is 64.6 Å². The van der Waals surface area contributed by atoms with Crippen LogP contribution in [0.3, 0.4) is 0 Å². The van der Waals surface area contributed by atoms with Gasteiger partial charge in [0.2, 0.25) is 5.95 Å². The third-order valence-corrected chi connectivity index (χ3v) is 7.07. The van der Waals surface area contributed by atoms with Gasteiger partial charge in [0, 0.05) is 51.2 Å². The number of fused-ring (bicyclic) bond motifs is 1. The van der Waals surface area contributed by atoms with E-state index < -0.39 is 17.5 Å². The van der Waals surface area contributed by atoms with Crippen molar-refractivity contribution in [3.63, 3.8) is 0 Å². The zero-order chi connectivity index (χ0) is 25.4. The molecule has 0 bridgehead atoms. The van der Waals surface area contributed by atoms with Gasteiger partial charge in [0.1, 0.15) is 10.5 Å². The van der Waals surface area contributed by atoms with Crippen molar-refractivity contribution in [3.05, 3.63) is 48.0 Å². The molecule has 6 rings (SSSR count). The Morgan fingerprint density at radius 3 is 2.50 bits per heavy atom. The summed E-state index contributed by atoms with van der Waals surface area (Å²) in [4.78, 5) is 17.3. The van der Waals surface area contributed by atoms with E-state index in [0.29, 0.717) is 47.2 Å². The fourth-order valence-electron chi connectivity index (χ4n) is 3.86. The van der Waals surface area contributed by atoms with Crippen LogP contribution < -0.4 is 9.80 Å². The van der Waals surface area contributed by atoms with Crippen LogP contribution in [0.1, 0.15) is 25.8 Å². The molecule has 1 aromatic carbocycles. The number of nitrogens with zero attached hydrogens (tertiary/aromatic N) is 7. The second kappa shape index (κ2) is 10.0. The Bertz CT molecular complexity index is 1360. The van der Waals surface area contributed by atoms with E-state index in [1.165, 1.54) is 24.2 Å². The Morgan fingerprint density at radius 2 is 1.83 bits per heavy atom. The van der Waals surface area contributed by atoms with E-state index >= 15 is 0 Å². The van der Waals surface area contributed by atoms with Crippen LogP contribution >= 0.6 is 11.3 Å². The number of hydrogen-bond donors (Lipinski definition) is 0. The summed E-state index contributed by atoms with van der Waals surface area (Å²) in [5, 5.41) is 4.75. The number of ether oxygens (including phenoxy) is 1. The molecule has 2 aliphatic rings. The van der Waals surface area contributed by atoms with E-state index in [1.807, 2.05) is 49.1 Å². The fraction of sp³-hybridized carbons (Fsp3) is 0.417. The van der Waals surface area contributed by atoms with E-state index in [9.17, 15) is 13.2 Å². The number of halogens is 3. The zero-order valence-corrected chi connectivity index (χ0v) is 21.0. The minimum Gasteiger partial charge on any atom is -0.375 e. The summed E-state index contributed by atoms with van der Waals surface area (Å²) in [6, 6.07) is 4.07. The van der Waals surface area contributed by atoms with Crippen LogP contribution in [0.15, 0.2) is 30.6 Å². The van der Waals surface area contributed by atoms with Crippen molar-refractivity contribution in [1.29, 1.82) is 0 Å². The average molecular weight is 518 g/mol. The highest BCUT2D eigenvalue weighted by atomic mass is 32.1. The van der Waals surface area contributed by atoms with Gasteiger partial charge in [-0.3, -0.25) is 4.68 Å². The summed E-state index contributed by atoms with van der Waals surface area (Å²) in [6.07, 6.45) is 6.49. The van der Waals surface area contributed by atoms with Gasteiger partial charge in [-0.2, -0.15) is 15.1 Å². The SMILES string of the molecule is CC1CN(c2nc(-c3cc(F)c(F)cc3F)c3sc(N(C)C)nc3n2)CCO1.c1cnn(C2CC2)c1. The molecular weight excluding hydrogens is 491 g/mol. The summed E-state index contributed by atoms with van der Waals surface area (Å²) in [5.74, 6) is -2.91. The summed E-state index contributed by atoms with van der Waals surface area (Å²) >= 11 is 1.27. The monoisotopic (exact) mass is 517 g/mol. The van der Waals surface area contributed by atoms with Gasteiger partial charge in [0.05, 0.1) is 24.4 Å². The highest BCUT2D eigenvalue weighted by Crippen LogP contribution is 2.37. The van der Waals surface area contributed by atoms with Crippen LogP contribution in [-0.2, 0) is 4.74 Å². The van der Waals surface area contributed by atoms with Gasteiger partial charge < -0.3 is 14.5 Å². The Balaban J connectivity index is 0.000000280. The molecule has 0 N–H and O–H groups in total. The molecule has 12 heteroatoms. The van der Waals surface area contributed by atoms with Crippen molar-refractivity contribution >= 4 is 32.8 Å². The Labute approximate surface area is 210 Å². The quantitative estimate of drug-likeness (QED) is 0.364. The normalized spacial score (nSPS) is 17.7.